The number of aromatic carboxylic acids is 1. The van der Waals surface area contributed by atoms with E-state index < -0.39 is 5.97 Å². The zero-order valence-corrected chi connectivity index (χ0v) is 10.8. The topological polar surface area (TPSA) is 66.6 Å². The molecule has 0 fully saturated rings. The lowest BCUT2D eigenvalue weighted by Crippen LogP contribution is -2.41. The molecule has 1 rings (SSSR count). The normalized spacial score (nSPS) is 11.3. The summed E-state index contributed by atoms with van der Waals surface area (Å²) < 4.78 is 0. The van der Waals surface area contributed by atoms with E-state index in [0.717, 1.165) is 6.42 Å². The van der Waals surface area contributed by atoms with E-state index in [1.165, 1.54) is 0 Å². The minimum atomic E-state index is -0.953. The van der Waals surface area contributed by atoms with Crippen LogP contribution in [0.5, 0.6) is 0 Å². The van der Waals surface area contributed by atoms with Gasteiger partial charge in [0.05, 0.1) is 16.9 Å². The average molecular weight is 236 g/mol. The first-order valence-corrected chi connectivity index (χ1v) is 5.67. The van der Waals surface area contributed by atoms with Crippen LogP contribution in [0.4, 0.5) is 11.4 Å². The van der Waals surface area contributed by atoms with Gasteiger partial charge in [-0.05, 0) is 32.4 Å². The summed E-state index contributed by atoms with van der Waals surface area (Å²) in [6.45, 7) is 6.19. The number of rotatable bonds is 4. The second kappa shape index (κ2) is 4.65. The molecule has 0 unspecified atom stereocenters. The minimum Gasteiger partial charge on any atom is -0.478 e. The van der Waals surface area contributed by atoms with Gasteiger partial charge >= 0.3 is 5.97 Å². The van der Waals surface area contributed by atoms with Crippen molar-refractivity contribution < 1.29 is 9.90 Å². The first-order chi connectivity index (χ1) is 7.81. The fourth-order valence-corrected chi connectivity index (χ4v) is 1.65. The first-order valence-electron chi connectivity index (χ1n) is 5.67. The number of carboxylic acid groups (broad SMARTS) is 1. The average Bonchev–Trinajstić information content (AvgIpc) is 2.27. The Bertz CT molecular complexity index is 427. The van der Waals surface area contributed by atoms with Crippen molar-refractivity contribution in [2.24, 2.45) is 0 Å². The molecule has 1 aromatic carbocycles. The van der Waals surface area contributed by atoms with Crippen LogP contribution >= 0.6 is 0 Å². The quantitative estimate of drug-likeness (QED) is 0.788. The van der Waals surface area contributed by atoms with Crippen LogP contribution in [0.15, 0.2) is 18.2 Å². The number of nitrogens with two attached hydrogens (primary N) is 1. The van der Waals surface area contributed by atoms with Gasteiger partial charge in [-0.15, -0.1) is 0 Å². The number of hydrogen-bond acceptors (Lipinski definition) is 3. The molecule has 0 aliphatic carbocycles. The fraction of sp³-hybridized carbons (Fsp3) is 0.462. The van der Waals surface area contributed by atoms with Crippen molar-refractivity contribution in [1.29, 1.82) is 0 Å². The summed E-state index contributed by atoms with van der Waals surface area (Å²) >= 11 is 0. The molecule has 0 saturated heterocycles. The number of para-hydroxylation sites is 1. The number of anilines is 2. The van der Waals surface area contributed by atoms with Gasteiger partial charge in [-0.25, -0.2) is 4.79 Å². The minimum absolute atomic E-state index is 0.139. The molecule has 1 aromatic rings. The van der Waals surface area contributed by atoms with Gasteiger partial charge in [0.15, 0.2) is 0 Å². The van der Waals surface area contributed by atoms with E-state index in [0.29, 0.717) is 11.4 Å². The van der Waals surface area contributed by atoms with Crippen molar-refractivity contribution in [3.05, 3.63) is 23.8 Å². The maximum absolute atomic E-state index is 11.2. The molecule has 0 atom stereocenters. The highest BCUT2D eigenvalue weighted by atomic mass is 16.4. The van der Waals surface area contributed by atoms with E-state index >= 15 is 0 Å². The van der Waals surface area contributed by atoms with Crippen LogP contribution < -0.4 is 10.6 Å². The predicted octanol–water partition coefficient (Wildman–Crippen LogP) is 2.59. The van der Waals surface area contributed by atoms with Gasteiger partial charge in [0.1, 0.15) is 0 Å². The molecule has 4 nitrogen and oxygen atoms in total. The number of nitrogen functional groups attached to an aromatic ring is 1. The van der Waals surface area contributed by atoms with Gasteiger partial charge < -0.3 is 15.7 Å². The van der Waals surface area contributed by atoms with Crippen LogP contribution in [0.1, 0.15) is 37.6 Å². The zero-order chi connectivity index (χ0) is 13.2. The molecule has 4 heteroatoms. The summed E-state index contributed by atoms with van der Waals surface area (Å²) in [6.07, 6.45) is 0.900. The lowest BCUT2D eigenvalue weighted by Gasteiger charge is -2.38. The van der Waals surface area contributed by atoms with Gasteiger partial charge in [-0.2, -0.15) is 0 Å². The first kappa shape index (κ1) is 13.4. The Morgan fingerprint density at radius 1 is 1.47 bits per heavy atom. The molecule has 0 bridgehead atoms. The second-order valence-electron chi connectivity index (χ2n) is 4.77. The molecule has 0 aliphatic rings. The molecular formula is C13H20N2O2. The van der Waals surface area contributed by atoms with Crippen molar-refractivity contribution in [3.63, 3.8) is 0 Å². The molecule has 0 spiro atoms. The summed E-state index contributed by atoms with van der Waals surface area (Å²) in [5, 5.41) is 9.20. The third-order valence-corrected chi connectivity index (χ3v) is 3.41. The Kier molecular flexibility index (Phi) is 3.66. The summed E-state index contributed by atoms with van der Waals surface area (Å²) in [4.78, 5) is 13.1. The highest BCUT2D eigenvalue weighted by Crippen LogP contribution is 2.33. The van der Waals surface area contributed by atoms with Gasteiger partial charge in [-0.3, -0.25) is 0 Å². The molecule has 0 saturated carbocycles. The van der Waals surface area contributed by atoms with Gasteiger partial charge in [0.25, 0.3) is 0 Å². The monoisotopic (exact) mass is 236 g/mol. The molecule has 0 aromatic heterocycles. The van der Waals surface area contributed by atoms with Crippen LogP contribution in [0.25, 0.3) is 0 Å². The number of hydrogen-bond donors (Lipinski definition) is 2. The van der Waals surface area contributed by atoms with E-state index in [9.17, 15) is 9.90 Å². The Hall–Kier alpha value is -1.71. The molecule has 0 heterocycles. The highest BCUT2D eigenvalue weighted by Gasteiger charge is 2.26. The number of nitrogens with zero attached hydrogens (tertiary/aromatic N) is 1. The van der Waals surface area contributed by atoms with Crippen LogP contribution in [0.2, 0.25) is 0 Å². The fourth-order valence-electron chi connectivity index (χ4n) is 1.65. The molecule has 0 amide bonds. The van der Waals surface area contributed by atoms with E-state index in [-0.39, 0.29) is 11.1 Å². The van der Waals surface area contributed by atoms with Gasteiger partial charge in [0, 0.05) is 12.6 Å². The third kappa shape index (κ3) is 2.52. The van der Waals surface area contributed by atoms with Crippen molar-refractivity contribution >= 4 is 17.3 Å². The highest BCUT2D eigenvalue weighted by molar-refractivity contribution is 5.98. The van der Waals surface area contributed by atoms with E-state index in [4.69, 9.17) is 5.73 Å². The van der Waals surface area contributed by atoms with E-state index in [1.54, 1.807) is 18.2 Å². The van der Waals surface area contributed by atoms with Crippen molar-refractivity contribution in [2.45, 2.75) is 32.7 Å². The van der Waals surface area contributed by atoms with Crippen LogP contribution in [0.3, 0.4) is 0 Å². The Morgan fingerprint density at radius 2 is 2.06 bits per heavy atom. The van der Waals surface area contributed by atoms with Crippen LogP contribution in [0, 0.1) is 0 Å². The molecule has 3 N–H and O–H groups in total. The van der Waals surface area contributed by atoms with E-state index in [2.05, 4.69) is 20.8 Å². The lowest BCUT2D eigenvalue weighted by molar-refractivity contribution is 0.0697. The smallest absolute Gasteiger partial charge is 0.337 e. The van der Waals surface area contributed by atoms with Gasteiger partial charge in [0.2, 0.25) is 0 Å². The third-order valence-electron chi connectivity index (χ3n) is 3.41. The lowest BCUT2D eigenvalue weighted by atomic mass is 9.97. The standard InChI is InChI=1S/C13H20N2O2/c1-5-13(2,3)15(4)11-9(12(16)17)7-6-8-10(11)14/h6-8H,5,14H2,1-4H3,(H,16,17). The second-order valence-corrected chi connectivity index (χ2v) is 4.77. The summed E-state index contributed by atoms with van der Waals surface area (Å²) in [7, 11) is 1.88. The molecular weight excluding hydrogens is 216 g/mol. The maximum atomic E-state index is 11.2. The van der Waals surface area contributed by atoms with Crippen LogP contribution in [-0.2, 0) is 0 Å². The summed E-state index contributed by atoms with van der Waals surface area (Å²) in [6, 6.07) is 4.97. The predicted molar refractivity (Wildman–Crippen MR) is 70.6 cm³/mol. The van der Waals surface area contributed by atoms with Crippen LogP contribution in [-0.4, -0.2) is 23.7 Å². The van der Waals surface area contributed by atoms with Gasteiger partial charge in [-0.1, -0.05) is 13.0 Å². The Balaban J connectivity index is 3.34. The van der Waals surface area contributed by atoms with Crippen molar-refractivity contribution in [1.82, 2.24) is 0 Å². The molecule has 17 heavy (non-hydrogen) atoms. The van der Waals surface area contributed by atoms with Crippen molar-refractivity contribution in [3.8, 4) is 0 Å². The molecule has 0 radical (unpaired) electrons. The van der Waals surface area contributed by atoms with E-state index in [1.807, 2.05) is 11.9 Å². The summed E-state index contributed by atoms with van der Waals surface area (Å²) in [5.74, 6) is -0.953. The number of carbonyl (C=O) groups is 1. The summed E-state index contributed by atoms with van der Waals surface area (Å²) in [5.41, 5.74) is 7.10. The molecule has 0 aliphatic heterocycles. The Labute approximate surface area is 102 Å². The number of carboxylic acids is 1. The maximum Gasteiger partial charge on any atom is 0.337 e. The SMILES string of the molecule is CCC(C)(C)N(C)c1c(N)cccc1C(=O)O. The zero-order valence-electron chi connectivity index (χ0n) is 10.8. The Morgan fingerprint density at radius 3 is 2.53 bits per heavy atom. The number of benzene rings is 1. The molecule has 94 valence electrons. The van der Waals surface area contributed by atoms with Crippen molar-refractivity contribution in [2.75, 3.05) is 17.7 Å². The largest absolute Gasteiger partial charge is 0.478 e.